The third-order valence-corrected chi connectivity index (χ3v) is 12.4. The van der Waals surface area contributed by atoms with E-state index < -0.39 is 5.82 Å². The van der Waals surface area contributed by atoms with Crippen LogP contribution in [0.4, 0.5) is 4.39 Å². The first-order valence-corrected chi connectivity index (χ1v) is 18.3. The summed E-state index contributed by atoms with van der Waals surface area (Å²) in [7, 11) is 1.77. The van der Waals surface area contributed by atoms with Crippen LogP contribution >= 0.6 is 0 Å². The number of nitrogens with zero attached hydrogens (tertiary/aromatic N) is 6. The highest BCUT2D eigenvalue weighted by atomic mass is 19.1. The Labute approximate surface area is 285 Å². The zero-order valence-electron chi connectivity index (χ0n) is 29.7. The number of aryl methyl sites for hydroxylation is 1. The molecule has 4 aliphatic rings. The van der Waals surface area contributed by atoms with Crippen molar-refractivity contribution >= 4 is 22.7 Å². The van der Waals surface area contributed by atoms with Gasteiger partial charge in [0.05, 0.1) is 23.0 Å². The van der Waals surface area contributed by atoms with E-state index in [0.29, 0.717) is 41.1 Å². The number of hydrogen-bond acceptors (Lipinski definition) is 5. The highest BCUT2D eigenvalue weighted by Crippen LogP contribution is 2.43. The molecule has 258 valence electrons. The van der Waals surface area contributed by atoms with Crippen LogP contribution in [0.15, 0.2) is 36.8 Å². The van der Waals surface area contributed by atoms with Crippen LogP contribution in [0, 0.1) is 36.4 Å². The molecule has 4 fully saturated rings. The Morgan fingerprint density at radius 2 is 1.79 bits per heavy atom. The Hall–Kier alpha value is -3.30. The van der Waals surface area contributed by atoms with Gasteiger partial charge in [0.15, 0.2) is 0 Å². The van der Waals surface area contributed by atoms with E-state index in [1.165, 1.54) is 61.9 Å². The van der Waals surface area contributed by atoms with E-state index in [2.05, 4.69) is 44.3 Å². The average molecular weight is 657 g/mol. The zero-order valence-corrected chi connectivity index (χ0v) is 29.7. The summed E-state index contributed by atoms with van der Waals surface area (Å²) in [5.74, 6) is 2.28. The van der Waals surface area contributed by atoms with Crippen molar-refractivity contribution in [1.29, 1.82) is 0 Å². The van der Waals surface area contributed by atoms with E-state index in [4.69, 9.17) is 0 Å². The summed E-state index contributed by atoms with van der Waals surface area (Å²) in [5.41, 5.74) is 4.41. The molecule has 3 saturated heterocycles. The van der Waals surface area contributed by atoms with Gasteiger partial charge in [-0.1, -0.05) is 6.92 Å². The summed E-state index contributed by atoms with van der Waals surface area (Å²) in [5, 5.41) is 1.19. The lowest BCUT2D eigenvalue weighted by Crippen LogP contribution is -2.52. The fourth-order valence-electron chi connectivity index (χ4n) is 9.47. The minimum Gasteiger partial charge on any atom is -0.342 e. The third kappa shape index (κ3) is 6.06. The first-order valence-electron chi connectivity index (χ1n) is 18.3. The quantitative estimate of drug-likeness (QED) is 0.292. The fourth-order valence-corrected chi connectivity index (χ4v) is 9.47. The van der Waals surface area contributed by atoms with Gasteiger partial charge in [-0.2, -0.15) is 0 Å². The summed E-state index contributed by atoms with van der Waals surface area (Å²) >= 11 is 0. The lowest BCUT2D eigenvalue weighted by molar-refractivity contribution is -0.128. The van der Waals surface area contributed by atoms with E-state index in [-0.39, 0.29) is 17.9 Å². The van der Waals surface area contributed by atoms with Crippen molar-refractivity contribution < 1.29 is 14.0 Å². The van der Waals surface area contributed by atoms with Crippen LogP contribution in [0.2, 0.25) is 0 Å². The minimum absolute atomic E-state index is 0.00224. The second kappa shape index (κ2) is 13.2. The van der Waals surface area contributed by atoms with Gasteiger partial charge in [0.2, 0.25) is 5.91 Å². The molecule has 0 N–H and O–H groups in total. The van der Waals surface area contributed by atoms with Crippen molar-refractivity contribution in [3.05, 3.63) is 59.3 Å². The third-order valence-electron chi connectivity index (χ3n) is 12.4. The number of likely N-dealkylation sites (tertiary alicyclic amines) is 3. The van der Waals surface area contributed by atoms with E-state index in [0.717, 1.165) is 49.6 Å². The number of rotatable bonds is 9. The van der Waals surface area contributed by atoms with Gasteiger partial charge in [0, 0.05) is 82.6 Å². The molecule has 5 heterocycles. The number of amides is 2. The number of carbonyl (C=O) groups is 2. The summed E-state index contributed by atoms with van der Waals surface area (Å²) in [6.07, 6.45) is 11.9. The van der Waals surface area contributed by atoms with Crippen molar-refractivity contribution in [2.24, 2.45) is 23.7 Å². The van der Waals surface area contributed by atoms with E-state index in [1.807, 2.05) is 26.2 Å². The van der Waals surface area contributed by atoms with E-state index in [1.54, 1.807) is 24.9 Å². The summed E-state index contributed by atoms with van der Waals surface area (Å²) < 4.78 is 16.6. The number of aromatic nitrogens is 2. The van der Waals surface area contributed by atoms with Crippen molar-refractivity contribution in [1.82, 2.24) is 29.2 Å². The standard InChI is InChI=1S/C39H53FN6O2/c1-7-35(28-13-33(14-28)45-21-30-19-44(26(5)47)20-31(30)22-45)43-11-10-27(18-43)12-29-23-46(37-17-41-16-25(4)38(29)37)36-9-8-32(40)15-34(36)39(48)42(6)24(2)3/h8-9,15-17,23-24,27-28,30-31,33,35H,7,10-14,18-22H2,1-6H3/t27-,28-,30-,31-,33+,35?/m1/s1. The van der Waals surface area contributed by atoms with Crippen LogP contribution in [0.1, 0.15) is 74.9 Å². The number of pyridine rings is 1. The summed E-state index contributed by atoms with van der Waals surface area (Å²) in [4.78, 5) is 39.1. The molecule has 1 unspecified atom stereocenters. The largest absolute Gasteiger partial charge is 0.342 e. The molecule has 8 nitrogen and oxygen atoms in total. The van der Waals surface area contributed by atoms with Gasteiger partial charge in [0.25, 0.3) is 5.91 Å². The Morgan fingerprint density at radius 1 is 1.06 bits per heavy atom. The molecule has 0 radical (unpaired) electrons. The van der Waals surface area contributed by atoms with Crippen molar-refractivity contribution in [3.8, 4) is 5.69 Å². The van der Waals surface area contributed by atoms with Crippen LogP contribution in [0.5, 0.6) is 0 Å². The maximum absolute atomic E-state index is 14.5. The molecule has 0 spiro atoms. The van der Waals surface area contributed by atoms with Crippen LogP contribution in [-0.2, 0) is 11.2 Å². The summed E-state index contributed by atoms with van der Waals surface area (Å²) in [6, 6.07) is 5.89. The second-order valence-corrected chi connectivity index (χ2v) is 15.7. The number of hydrogen-bond donors (Lipinski definition) is 0. The predicted octanol–water partition coefficient (Wildman–Crippen LogP) is 5.79. The molecule has 2 amide bonds. The van der Waals surface area contributed by atoms with Gasteiger partial charge in [-0.05, 0) is 112 Å². The van der Waals surface area contributed by atoms with Crippen molar-refractivity contribution in [3.63, 3.8) is 0 Å². The number of fused-ring (bicyclic) bond motifs is 2. The Kier molecular flexibility index (Phi) is 9.13. The molecule has 1 aromatic carbocycles. The minimum atomic E-state index is -0.413. The molecule has 1 saturated carbocycles. The molecular formula is C39H53FN6O2. The molecule has 3 aromatic rings. The smallest absolute Gasteiger partial charge is 0.256 e. The Balaban J connectivity index is 1.04. The second-order valence-electron chi connectivity index (χ2n) is 15.7. The lowest BCUT2D eigenvalue weighted by atomic mass is 9.73. The highest BCUT2D eigenvalue weighted by Gasteiger charge is 2.47. The van der Waals surface area contributed by atoms with E-state index in [9.17, 15) is 14.0 Å². The molecule has 48 heavy (non-hydrogen) atoms. The SMILES string of the molecule is CCC([C@H]1C[C@@H](N2C[C@H]3CN(C(C)=O)C[C@@H]3C2)C1)N1CC[C@H](Cc2cn(-c3ccc(F)cc3C(=O)N(C)C(C)C)c3cncc(C)c23)C1. The molecule has 9 heteroatoms. The predicted molar refractivity (Wildman–Crippen MR) is 188 cm³/mol. The first kappa shape index (κ1) is 33.2. The number of halogens is 1. The monoisotopic (exact) mass is 656 g/mol. The molecule has 1 aliphatic carbocycles. The average Bonchev–Trinajstić information content (AvgIpc) is 3.82. The van der Waals surface area contributed by atoms with Gasteiger partial charge in [0.1, 0.15) is 5.82 Å². The van der Waals surface area contributed by atoms with E-state index >= 15 is 0 Å². The maximum Gasteiger partial charge on any atom is 0.256 e. The molecule has 7 rings (SSSR count). The van der Waals surface area contributed by atoms with Crippen molar-refractivity contribution in [2.75, 3.05) is 46.3 Å². The topological polar surface area (TPSA) is 64.9 Å². The lowest BCUT2D eigenvalue weighted by Gasteiger charge is -2.47. The van der Waals surface area contributed by atoms with Gasteiger partial charge < -0.3 is 14.4 Å². The van der Waals surface area contributed by atoms with Gasteiger partial charge in [-0.3, -0.25) is 24.4 Å². The van der Waals surface area contributed by atoms with Gasteiger partial charge in [-0.15, -0.1) is 0 Å². The number of carbonyl (C=O) groups excluding carboxylic acids is 2. The van der Waals surface area contributed by atoms with Crippen LogP contribution in [0.25, 0.3) is 16.6 Å². The van der Waals surface area contributed by atoms with Crippen LogP contribution < -0.4 is 0 Å². The fraction of sp³-hybridized carbons (Fsp3) is 0.615. The molecule has 2 aromatic heterocycles. The molecule has 4 atom stereocenters. The normalized spacial score (nSPS) is 26.8. The van der Waals surface area contributed by atoms with Gasteiger partial charge >= 0.3 is 0 Å². The van der Waals surface area contributed by atoms with Crippen molar-refractivity contribution in [2.45, 2.75) is 84.8 Å². The number of benzene rings is 1. The summed E-state index contributed by atoms with van der Waals surface area (Å²) in [6.45, 7) is 16.6. The molecular weight excluding hydrogens is 603 g/mol. The molecule has 0 bridgehead atoms. The van der Waals surface area contributed by atoms with Gasteiger partial charge in [-0.25, -0.2) is 4.39 Å². The Bertz CT molecular complexity index is 1670. The first-order chi connectivity index (χ1) is 23.0. The Morgan fingerprint density at radius 3 is 2.46 bits per heavy atom. The highest BCUT2D eigenvalue weighted by molar-refractivity contribution is 5.99. The molecule has 3 aliphatic heterocycles. The van der Waals surface area contributed by atoms with Crippen LogP contribution in [0.3, 0.4) is 0 Å². The zero-order chi connectivity index (χ0) is 33.9. The van der Waals surface area contributed by atoms with Crippen LogP contribution in [-0.4, -0.2) is 105 Å². The maximum atomic E-state index is 14.5.